The highest BCUT2D eigenvalue weighted by molar-refractivity contribution is 7.92. The maximum absolute atomic E-state index is 11.7. The Bertz CT molecular complexity index is 497. The molecular weight excluding hydrogens is 238 g/mol. The minimum Gasteiger partial charge on any atom is -0.250 e. The molecule has 2 aliphatic rings. The Morgan fingerprint density at radius 1 is 1.29 bits per heavy atom. The topological polar surface area (TPSA) is 64.8 Å². The second-order valence-corrected chi connectivity index (χ2v) is 7.36. The SMILES string of the molecule is O=S1(=O)CCCC1Cc1nc2n(n1)CCCC2. The largest absolute Gasteiger partial charge is 0.250 e. The molecule has 6 heteroatoms. The van der Waals surface area contributed by atoms with E-state index in [0.29, 0.717) is 12.2 Å². The molecule has 1 saturated heterocycles. The van der Waals surface area contributed by atoms with Gasteiger partial charge in [0.25, 0.3) is 0 Å². The van der Waals surface area contributed by atoms with Crippen molar-refractivity contribution in [3.63, 3.8) is 0 Å². The van der Waals surface area contributed by atoms with Crippen LogP contribution in [0.4, 0.5) is 0 Å². The van der Waals surface area contributed by atoms with Gasteiger partial charge in [-0.05, 0) is 25.7 Å². The third-order valence-electron chi connectivity index (χ3n) is 3.69. The maximum atomic E-state index is 11.7. The zero-order valence-electron chi connectivity index (χ0n) is 9.80. The molecule has 0 aliphatic carbocycles. The number of sulfone groups is 1. The van der Waals surface area contributed by atoms with E-state index >= 15 is 0 Å². The summed E-state index contributed by atoms with van der Waals surface area (Å²) in [5.41, 5.74) is 0. The fourth-order valence-corrected chi connectivity index (χ4v) is 4.54. The number of aromatic nitrogens is 3. The molecule has 5 nitrogen and oxygen atoms in total. The number of aryl methyl sites for hydroxylation is 2. The number of nitrogens with zero attached hydrogens (tertiary/aromatic N) is 3. The molecule has 94 valence electrons. The van der Waals surface area contributed by atoms with Crippen LogP contribution in [0.1, 0.15) is 37.3 Å². The molecule has 3 heterocycles. The summed E-state index contributed by atoms with van der Waals surface area (Å²) in [5, 5.41) is 4.18. The lowest BCUT2D eigenvalue weighted by Gasteiger charge is -2.10. The van der Waals surface area contributed by atoms with Crippen LogP contribution in [0.2, 0.25) is 0 Å². The van der Waals surface area contributed by atoms with Gasteiger partial charge in [-0.15, -0.1) is 0 Å². The summed E-state index contributed by atoms with van der Waals surface area (Å²) in [6.45, 7) is 0.930. The van der Waals surface area contributed by atoms with E-state index in [0.717, 1.165) is 43.9 Å². The van der Waals surface area contributed by atoms with Crippen LogP contribution in [0.5, 0.6) is 0 Å². The van der Waals surface area contributed by atoms with Gasteiger partial charge in [0, 0.05) is 19.4 Å². The van der Waals surface area contributed by atoms with Gasteiger partial charge in [0.15, 0.2) is 15.7 Å². The molecule has 0 spiro atoms. The quantitative estimate of drug-likeness (QED) is 0.781. The van der Waals surface area contributed by atoms with Crippen LogP contribution in [0.25, 0.3) is 0 Å². The Balaban J connectivity index is 1.79. The van der Waals surface area contributed by atoms with E-state index < -0.39 is 9.84 Å². The van der Waals surface area contributed by atoms with Crippen LogP contribution in [0, 0.1) is 0 Å². The zero-order chi connectivity index (χ0) is 11.9. The van der Waals surface area contributed by atoms with Gasteiger partial charge < -0.3 is 0 Å². The van der Waals surface area contributed by atoms with Gasteiger partial charge in [-0.1, -0.05) is 0 Å². The second-order valence-electron chi connectivity index (χ2n) is 4.96. The Hall–Kier alpha value is -0.910. The van der Waals surface area contributed by atoms with Gasteiger partial charge in [-0.2, -0.15) is 5.10 Å². The Morgan fingerprint density at radius 3 is 2.88 bits per heavy atom. The summed E-state index contributed by atoms with van der Waals surface area (Å²) >= 11 is 0. The van der Waals surface area contributed by atoms with Gasteiger partial charge in [0.1, 0.15) is 5.82 Å². The Morgan fingerprint density at radius 2 is 2.18 bits per heavy atom. The highest BCUT2D eigenvalue weighted by atomic mass is 32.2. The van der Waals surface area contributed by atoms with E-state index in [2.05, 4.69) is 10.1 Å². The van der Waals surface area contributed by atoms with Gasteiger partial charge in [-0.25, -0.2) is 18.1 Å². The van der Waals surface area contributed by atoms with Gasteiger partial charge in [0.2, 0.25) is 0 Å². The van der Waals surface area contributed by atoms with Crippen LogP contribution in [-0.4, -0.2) is 34.2 Å². The lowest BCUT2D eigenvalue weighted by molar-refractivity contribution is 0.478. The average molecular weight is 255 g/mol. The zero-order valence-corrected chi connectivity index (χ0v) is 10.6. The number of fused-ring (bicyclic) bond motifs is 1. The maximum Gasteiger partial charge on any atom is 0.153 e. The number of rotatable bonds is 2. The van der Waals surface area contributed by atoms with Crippen molar-refractivity contribution >= 4 is 9.84 Å². The third kappa shape index (κ3) is 2.10. The summed E-state index contributed by atoms with van der Waals surface area (Å²) in [5.74, 6) is 2.09. The van der Waals surface area contributed by atoms with Crippen LogP contribution in [-0.2, 0) is 29.2 Å². The van der Waals surface area contributed by atoms with Crippen molar-refractivity contribution in [2.45, 2.75) is 50.3 Å². The Labute approximate surface area is 101 Å². The first kappa shape index (κ1) is 11.2. The standard InChI is InChI=1S/C11H17N3O2S/c15-17(16)7-3-4-9(17)8-10-12-11-5-1-2-6-14(11)13-10/h9H,1-8H2. The van der Waals surface area contributed by atoms with Crippen LogP contribution in [0.15, 0.2) is 0 Å². The lowest BCUT2D eigenvalue weighted by atomic mass is 10.2. The van der Waals surface area contributed by atoms with E-state index in [1.807, 2.05) is 4.68 Å². The third-order valence-corrected chi connectivity index (χ3v) is 5.96. The average Bonchev–Trinajstić information content (AvgIpc) is 2.82. The van der Waals surface area contributed by atoms with E-state index in [1.54, 1.807) is 0 Å². The minimum atomic E-state index is -2.88. The monoisotopic (exact) mass is 255 g/mol. The van der Waals surface area contributed by atoms with Crippen molar-refractivity contribution in [2.24, 2.45) is 0 Å². The van der Waals surface area contributed by atoms with Crippen LogP contribution < -0.4 is 0 Å². The summed E-state index contributed by atoms with van der Waals surface area (Å²) in [7, 11) is -2.88. The molecule has 0 radical (unpaired) electrons. The first-order valence-electron chi connectivity index (χ1n) is 6.29. The minimum absolute atomic E-state index is 0.244. The highest BCUT2D eigenvalue weighted by Gasteiger charge is 2.32. The fourth-order valence-electron chi connectivity index (χ4n) is 2.71. The predicted molar refractivity (Wildman–Crippen MR) is 63.5 cm³/mol. The molecule has 0 amide bonds. The highest BCUT2D eigenvalue weighted by Crippen LogP contribution is 2.23. The molecule has 1 fully saturated rings. The normalized spacial score (nSPS) is 26.9. The van der Waals surface area contributed by atoms with Crippen LogP contribution >= 0.6 is 0 Å². The summed E-state index contributed by atoms with van der Waals surface area (Å²) in [4.78, 5) is 4.47. The molecule has 3 rings (SSSR count). The molecule has 1 unspecified atom stereocenters. The lowest BCUT2D eigenvalue weighted by Crippen LogP contribution is -2.19. The number of hydrogen-bond acceptors (Lipinski definition) is 4. The fraction of sp³-hybridized carbons (Fsp3) is 0.818. The second kappa shape index (κ2) is 4.08. The van der Waals surface area contributed by atoms with E-state index in [1.165, 1.54) is 6.42 Å². The summed E-state index contributed by atoms with van der Waals surface area (Å²) in [6.07, 6.45) is 5.36. The van der Waals surface area contributed by atoms with Crippen LogP contribution in [0.3, 0.4) is 0 Å². The molecule has 1 aromatic heterocycles. The van der Waals surface area contributed by atoms with E-state index in [9.17, 15) is 8.42 Å². The van der Waals surface area contributed by atoms with Crippen molar-refractivity contribution in [3.8, 4) is 0 Å². The van der Waals surface area contributed by atoms with Gasteiger partial charge >= 0.3 is 0 Å². The molecule has 1 aromatic rings. The van der Waals surface area contributed by atoms with Crippen molar-refractivity contribution < 1.29 is 8.42 Å². The van der Waals surface area contributed by atoms with Crippen molar-refractivity contribution in [3.05, 3.63) is 11.6 Å². The summed E-state index contributed by atoms with van der Waals surface area (Å²) < 4.78 is 25.4. The molecular formula is C11H17N3O2S. The molecule has 0 saturated carbocycles. The number of hydrogen-bond donors (Lipinski definition) is 0. The van der Waals surface area contributed by atoms with E-state index in [4.69, 9.17) is 0 Å². The predicted octanol–water partition coefficient (Wildman–Crippen LogP) is 0.734. The smallest absolute Gasteiger partial charge is 0.153 e. The Kier molecular flexibility index (Phi) is 2.69. The molecule has 0 N–H and O–H groups in total. The summed E-state index contributed by atoms with van der Waals surface area (Å²) in [6, 6.07) is 0. The van der Waals surface area contributed by atoms with Gasteiger partial charge in [-0.3, -0.25) is 0 Å². The molecule has 1 atom stereocenters. The van der Waals surface area contributed by atoms with Crippen molar-refractivity contribution in [1.29, 1.82) is 0 Å². The molecule has 2 aliphatic heterocycles. The van der Waals surface area contributed by atoms with Crippen molar-refractivity contribution in [1.82, 2.24) is 14.8 Å². The first-order valence-corrected chi connectivity index (χ1v) is 8.01. The van der Waals surface area contributed by atoms with E-state index in [-0.39, 0.29) is 5.25 Å². The van der Waals surface area contributed by atoms with Gasteiger partial charge in [0.05, 0.1) is 11.0 Å². The molecule has 17 heavy (non-hydrogen) atoms. The first-order chi connectivity index (χ1) is 8.15. The van der Waals surface area contributed by atoms with Crippen molar-refractivity contribution in [2.75, 3.05) is 5.75 Å². The molecule has 0 aromatic carbocycles. The molecule has 0 bridgehead atoms.